The molecule has 0 saturated carbocycles. The number of fused-ring (bicyclic) bond motifs is 1. The first-order valence-corrected chi connectivity index (χ1v) is 8.61. The molecule has 1 saturated heterocycles. The summed E-state index contributed by atoms with van der Waals surface area (Å²) in [6, 6.07) is 20.8. The SMILES string of the molecule is C[C@@H]1CC[C@H](Cc2c(-c3ccccc3)[nH]c3ccccc23)N1C. The van der Waals surface area contributed by atoms with E-state index in [0.717, 1.165) is 6.42 Å². The van der Waals surface area contributed by atoms with Crippen molar-refractivity contribution >= 4 is 10.9 Å². The Bertz CT molecular complexity index is 803. The van der Waals surface area contributed by atoms with Crippen LogP contribution in [0.2, 0.25) is 0 Å². The van der Waals surface area contributed by atoms with Crippen LogP contribution in [0.15, 0.2) is 54.6 Å². The molecule has 1 N–H and O–H groups in total. The molecule has 1 fully saturated rings. The molecule has 0 unspecified atom stereocenters. The number of H-pyrrole nitrogens is 1. The molecule has 2 atom stereocenters. The average molecular weight is 304 g/mol. The lowest BCUT2D eigenvalue weighted by atomic mass is 9.98. The predicted molar refractivity (Wildman–Crippen MR) is 97.7 cm³/mol. The van der Waals surface area contributed by atoms with Crippen LogP contribution in [0.5, 0.6) is 0 Å². The Labute approximate surface area is 138 Å². The fourth-order valence-corrected chi connectivity index (χ4v) is 3.95. The van der Waals surface area contributed by atoms with Crippen LogP contribution in [-0.4, -0.2) is 29.0 Å². The molecule has 23 heavy (non-hydrogen) atoms. The number of nitrogens with zero attached hydrogens (tertiary/aromatic N) is 1. The van der Waals surface area contributed by atoms with Crippen molar-refractivity contribution in [3.05, 3.63) is 60.2 Å². The van der Waals surface area contributed by atoms with E-state index in [-0.39, 0.29) is 0 Å². The molecular weight excluding hydrogens is 280 g/mol. The number of likely N-dealkylation sites (tertiary alicyclic amines) is 1. The number of rotatable bonds is 3. The minimum atomic E-state index is 0.645. The molecule has 118 valence electrons. The summed E-state index contributed by atoms with van der Waals surface area (Å²) in [7, 11) is 2.28. The van der Waals surface area contributed by atoms with Gasteiger partial charge in [0.25, 0.3) is 0 Å². The highest BCUT2D eigenvalue weighted by atomic mass is 15.2. The molecule has 0 bridgehead atoms. The Morgan fingerprint density at radius 2 is 1.74 bits per heavy atom. The van der Waals surface area contributed by atoms with Crippen molar-refractivity contribution in [1.29, 1.82) is 0 Å². The predicted octanol–water partition coefficient (Wildman–Crippen LogP) is 4.86. The van der Waals surface area contributed by atoms with Gasteiger partial charge in [-0.1, -0.05) is 48.5 Å². The summed E-state index contributed by atoms with van der Waals surface area (Å²) in [6.07, 6.45) is 3.73. The Hall–Kier alpha value is -2.06. The zero-order chi connectivity index (χ0) is 15.8. The maximum absolute atomic E-state index is 3.66. The molecule has 0 amide bonds. The van der Waals surface area contributed by atoms with E-state index in [4.69, 9.17) is 0 Å². The summed E-state index contributed by atoms with van der Waals surface area (Å²) in [5, 5.41) is 1.37. The van der Waals surface area contributed by atoms with Gasteiger partial charge in [-0.05, 0) is 50.4 Å². The highest BCUT2D eigenvalue weighted by Gasteiger charge is 2.28. The van der Waals surface area contributed by atoms with E-state index in [1.165, 1.54) is 40.6 Å². The number of benzene rings is 2. The van der Waals surface area contributed by atoms with Crippen molar-refractivity contribution in [2.75, 3.05) is 7.05 Å². The third-order valence-electron chi connectivity index (χ3n) is 5.50. The lowest BCUT2D eigenvalue weighted by Gasteiger charge is -2.23. The van der Waals surface area contributed by atoms with Crippen molar-refractivity contribution in [3.63, 3.8) is 0 Å². The summed E-state index contributed by atoms with van der Waals surface area (Å²) in [5.41, 5.74) is 5.29. The molecule has 2 heterocycles. The van der Waals surface area contributed by atoms with Crippen LogP contribution in [-0.2, 0) is 6.42 Å². The number of para-hydroxylation sites is 1. The van der Waals surface area contributed by atoms with Gasteiger partial charge in [0, 0.05) is 28.7 Å². The smallest absolute Gasteiger partial charge is 0.0497 e. The molecule has 2 nitrogen and oxygen atoms in total. The third kappa shape index (κ3) is 2.57. The van der Waals surface area contributed by atoms with Crippen LogP contribution in [0.3, 0.4) is 0 Å². The van der Waals surface area contributed by atoms with Crippen molar-refractivity contribution in [2.45, 2.75) is 38.3 Å². The number of likely N-dealkylation sites (N-methyl/N-ethyl adjacent to an activating group) is 1. The van der Waals surface area contributed by atoms with Gasteiger partial charge in [-0.15, -0.1) is 0 Å². The topological polar surface area (TPSA) is 19.0 Å². The first-order valence-electron chi connectivity index (χ1n) is 8.61. The second kappa shape index (κ2) is 5.86. The molecule has 1 aliphatic heterocycles. The van der Waals surface area contributed by atoms with Crippen molar-refractivity contribution in [3.8, 4) is 11.3 Å². The maximum atomic E-state index is 3.66. The van der Waals surface area contributed by atoms with Crippen molar-refractivity contribution in [1.82, 2.24) is 9.88 Å². The highest BCUT2D eigenvalue weighted by Crippen LogP contribution is 2.34. The zero-order valence-electron chi connectivity index (χ0n) is 13.9. The fourth-order valence-electron chi connectivity index (χ4n) is 3.95. The lowest BCUT2D eigenvalue weighted by molar-refractivity contribution is 0.252. The first-order chi connectivity index (χ1) is 11.2. The van der Waals surface area contributed by atoms with Crippen LogP contribution in [0.25, 0.3) is 22.2 Å². The molecule has 2 heteroatoms. The summed E-state index contributed by atoms with van der Waals surface area (Å²) in [4.78, 5) is 6.21. The van der Waals surface area contributed by atoms with Gasteiger partial charge in [-0.2, -0.15) is 0 Å². The number of hydrogen-bond donors (Lipinski definition) is 1. The summed E-state index contributed by atoms with van der Waals surface area (Å²) in [5.74, 6) is 0. The molecule has 4 rings (SSSR count). The monoisotopic (exact) mass is 304 g/mol. The molecule has 1 aromatic heterocycles. The van der Waals surface area contributed by atoms with Gasteiger partial charge in [0.15, 0.2) is 0 Å². The summed E-state index contributed by atoms with van der Waals surface area (Å²) >= 11 is 0. The van der Waals surface area contributed by atoms with Crippen LogP contribution < -0.4 is 0 Å². The van der Waals surface area contributed by atoms with E-state index in [0.29, 0.717) is 12.1 Å². The van der Waals surface area contributed by atoms with E-state index in [1.807, 2.05) is 0 Å². The second-order valence-corrected chi connectivity index (χ2v) is 6.84. The molecule has 2 aromatic carbocycles. The first kappa shape index (κ1) is 14.5. The fraction of sp³-hybridized carbons (Fsp3) is 0.333. The zero-order valence-corrected chi connectivity index (χ0v) is 13.9. The van der Waals surface area contributed by atoms with E-state index in [1.54, 1.807) is 0 Å². The highest BCUT2D eigenvalue weighted by molar-refractivity contribution is 5.90. The van der Waals surface area contributed by atoms with Gasteiger partial charge in [0.2, 0.25) is 0 Å². The average Bonchev–Trinajstić information content (AvgIpc) is 3.11. The molecule has 3 aromatic rings. The van der Waals surface area contributed by atoms with Crippen molar-refractivity contribution in [2.24, 2.45) is 0 Å². The minimum Gasteiger partial charge on any atom is -0.354 e. The molecule has 0 aliphatic carbocycles. The van der Waals surface area contributed by atoms with E-state index >= 15 is 0 Å². The quantitative estimate of drug-likeness (QED) is 0.732. The largest absolute Gasteiger partial charge is 0.354 e. The van der Waals surface area contributed by atoms with E-state index < -0.39 is 0 Å². The Balaban J connectivity index is 1.80. The van der Waals surface area contributed by atoms with Gasteiger partial charge in [0.05, 0.1) is 0 Å². The Kier molecular flexibility index (Phi) is 3.70. The Morgan fingerprint density at radius 3 is 2.48 bits per heavy atom. The summed E-state index contributed by atoms with van der Waals surface area (Å²) < 4.78 is 0. The molecular formula is C21H24N2. The number of nitrogens with one attached hydrogen (secondary N) is 1. The van der Waals surface area contributed by atoms with Gasteiger partial charge in [-0.25, -0.2) is 0 Å². The van der Waals surface area contributed by atoms with E-state index in [9.17, 15) is 0 Å². The van der Waals surface area contributed by atoms with E-state index in [2.05, 4.69) is 78.5 Å². The number of aromatic nitrogens is 1. The van der Waals surface area contributed by atoms with Crippen LogP contribution in [0.4, 0.5) is 0 Å². The van der Waals surface area contributed by atoms with Crippen LogP contribution in [0.1, 0.15) is 25.3 Å². The molecule has 0 spiro atoms. The third-order valence-corrected chi connectivity index (χ3v) is 5.50. The standard InChI is InChI=1S/C21H24N2/c1-15-12-13-17(23(15)2)14-19-18-10-6-7-11-20(18)22-21(19)16-8-4-3-5-9-16/h3-11,15,17,22H,12-14H2,1-2H3/t15-,17-/m1/s1. The van der Waals surface area contributed by atoms with Gasteiger partial charge in [-0.3, -0.25) is 0 Å². The normalized spacial score (nSPS) is 22.0. The van der Waals surface area contributed by atoms with Gasteiger partial charge in [0.1, 0.15) is 0 Å². The lowest BCUT2D eigenvalue weighted by Crippen LogP contribution is -2.31. The van der Waals surface area contributed by atoms with Crippen LogP contribution >= 0.6 is 0 Å². The molecule has 1 aliphatic rings. The second-order valence-electron chi connectivity index (χ2n) is 6.84. The summed E-state index contributed by atoms with van der Waals surface area (Å²) in [6.45, 7) is 2.34. The Morgan fingerprint density at radius 1 is 1.00 bits per heavy atom. The maximum Gasteiger partial charge on any atom is 0.0497 e. The minimum absolute atomic E-state index is 0.645. The molecule has 0 radical (unpaired) electrons. The number of hydrogen-bond acceptors (Lipinski definition) is 1. The van der Waals surface area contributed by atoms with Crippen LogP contribution in [0, 0.1) is 0 Å². The van der Waals surface area contributed by atoms with Gasteiger partial charge < -0.3 is 9.88 Å². The van der Waals surface area contributed by atoms with Gasteiger partial charge >= 0.3 is 0 Å². The number of aromatic amines is 1. The van der Waals surface area contributed by atoms with Crippen molar-refractivity contribution < 1.29 is 0 Å².